The molecule has 2 bridgehead atoms. The molecular formula is C19H21N3O3S. The highest BCUT2D eigenvalue weighted by Crippen LogP contribution is 2.40. The minimum Gasteiger partial charge on any atom is -0.331 e. The first-order valence-corrected chi connectivity index (χ1v) is 10.4. The number of rotatable bonds is 3. The molecule has 0 spiro atoms. The van der Waals surface area contributed by atoms with E-state index in [-0.39, 0.29) is 18.0 Å². The summed E-state index contributed by atoms with van der Waals surface area (Å²) in [5.74, 6) is -0.138. The smallest absolute Gasteiger partial charge is 0.274 e. The van der Waals surface area contributed by atoms with Crippen LogP contribution in [0.4, 0.5) is 0 Å². The summed E-state index contributed by atoms with van der Waals surface area (Å²) in [6.45, 7) is 1.82. The van der Waals surface area contributed by atoms with E-state index < -0.39 is 15.1 Å². The Morgan fingerprint density at radius 3 is 2.27 bits per heavy atom. The predicted molar refractivity (Wildman–Crippen MR) is 96.4 cm³/mol. The number of benzene rings is 1. The van der Waals surface area contributed by atoms with Gasteiger partial charge in [-0.1, -0.05) is 18.2 Å². The molecule has 0 saturated carbocycles. The maximum atomic E-state index is 13.0. The molecule has 1 aromatic heterocycles. The number of hydrogen-bond acceptors (Lipinski definition) is 5. The molecule has 6 nitrogen and oxygen atoms in total. The zero-order chi connectivity index (χ0) is 18.3. The fourth-order valence-corrected chi connectivity index (χ4v) is 6.02. The van der Waals surface area contributed by atoms with Crippen LogP contribution in [-0.4, -0.2) is 46.5 Å². The Kier molecular flexibility index (Phi) is 4.26. The Hall–Kier alpha value is -2.28. The second-order valence-electron chi connectivity index (χ2n) is 7.09. The zero-order valence-corrected chi connectivity index (χ0v) is 15.4. The van der Waals surface area contributed by atoms with Gasteiger partial charge in [0.15, 0.2) is 9.84 Å². The van der Waals surface area contributed by atoms with E-state index >= 15 is 0 Å². The lowest BCUT2D eigenvalue weighted by Crippen LogP contribution is -2.49. The van der Waals surface area contributed by atoms with Crippen LogP contribution in [-0.2, 0) is 9.84 Å². The van der Waals surface area contributed by atoms with E-state index in [0.29, 0.717) is 23.4 Å². The van der Waals surface area contributed by atoms with Crippen LogP contribution in [0.3, 0.4) is 0 Å². The molecule has 2 aliphatic rings. The highest BCUT2D eigenvalue weighted by molar-refractivity contribution is 7.92. The third-order valence-corrected chi connectivity index (χ3v) is 7.63. The third-order valence-electron chi connectivity index (χ3n) is 5.43. The standard InChI is InChI=1S/C19H21N3O3S/c1-13-11-21-18(12-20-13)19(23)22-14-7-8-15(22)10-17(9-14)26(24,25)16-5-3-2-4-6-16/h2-6,11-12,14-15,17H,7-10H2,1H3/t14-,15-/m0/s1. The van der Waals surface area contributed by atoms with Gasteiger partial charge >= 0.3 is 0 Å². The molecule has 0 N–H and O–H groups in total. The van der Waals surface area contributed by atoms with Gasteiger partial charge in [0.2, 0.25) is 0 Å². The van der Waals surface area contributed by atoms with Gasteiger partial charge in [0, 0.05) is 18.3 Å². The first-order chi connectivity index (χ1) is 12.5. The highest BCUT2D eigenvalue weighted by Gasteiger charge is 2.47. The lowest BCUT2D eigenvalue weighted by Gasteiger charge is -2.38. The third kappa shape index (κ3) is 2.90. The van der Waals surface area contributed by atoms with Crippen molar-refractivity contribution in [3.05, 3.63) is 54.1 Å². The van der Waals surface area contributed by atoms with Crippen LogP contribution in [0.15, 0.2) is 47.6 Å². The zero-order valence-electron chi connectivity index (χ0n) is 14.6. The first kappa shape index (κ1) is 17.1. The molecule has 2 saturated heterocycles. The second kappa shape index (κ2) is 6.46. The molecule has 1 amide bonds. The Morgan fingerprint density at radius 2 is 1.69 bits per heavy atom. The van der Waals surface area contributed by atoms with Crippen molar-refractivity contribution < 1.29 is 13.2 Å². The molecule has 2 atom stereocenters. The molecular weight excluding hydrogens is 350 g/mol. The molecule has 2 aliphatic heterocycles. The number of piperidine rings is 1. The summed E-state index contributed by atoms with van der Waals surface area (Å²) in [6.07, 6.45) is 5.75. The monoisotopic (exact) mass is 371 g/mol. The van der Waals surface area contributed by atoms with Crippen LogP contribution in [0.1, 0.15) is 41.9 Å². The van der Waals surface area contributed by atoms with Crippen molar-refractivity contribution in [2.75, 3.05) is 0 Å². The van der Waals surface area contributed by atoms with Crippen molar-refractivity contribution in [3.63, 3.8) is 0 Å². The summed E-state index contributed by atoms with van der Waals surface area (Å²) in [5.41, 5.74) is 1.09. The van der Waals surface area contributed by atoms with Crippen LogP contribution >= 0.6 is 0 Å². The molecule has 0 radical (unpaired) electrons. The maximum absolute atomic E-state index is 13.0. The summed E-state index contributed by atoms with van der Waals surface area (Å²) in [7, 11) is -3.37. The van der Waals surface area contributed by atoms with E-state index in [4.69, 9.17) is 0 Å². The number of amides is 1. The van der Waals surface area contributed by atoms with Crippen molar-refractivity contribution in [2.45, 2.75) is 54.8 Å². The molecule has 2 aromatic rings. The van der Waals surface area contributed by atoms with Gasteiger partial charge in [0.1, 0.15) is 5.69 Å². The Balaban J connectivity index is 1.56. The van der Waals surface area contributed by atoms with Gasteiger partial charge in [-0.05, 0) is 44.7 Å². The van der Waals surface area contributed by atoms with Crippen LogP contribution in [0.25, 0.3) is 0 Å². The molecule has 0 aliphatic carbocycles. The van der Waals surface area contributed by atoms with Crippen molar-refractivity contribution in [1.29, 1.82) is 0 Å². The topological polar surface area (TPSA) is 80.2 Å². The number of hydrogen-bond donors (Lipinski definition) is 0. The fraction of sp³-hybridized carbons (Fsp3) is 0.421. The summed E-state index contributed by atoms with van der Waals surface area (Å²) in [5, 5.41) is -0.435. The Bertz CT molecular complexity index is 899. The van der Waals surface area contributed by atoms with Gasteiger partial charge < -0.3 is 4.90 Å². The molecule has 1 aromatic carbocycles. The summed E-state index contributed by atoms with van der Waals surface area (Å²) < 4.78 is 25.9. The number of carbonyl (C=O) groups excluding carboxylic acids is 1. The normalized spacial score (nSPS) is 25.3. The van der Waals surface area contributed by atoms with E-state index in [1.54, 1.807) is 30.5 Å². The van der Waals surface area contributed by atoms with Crippen LogP contribution in [0.5, 0.6) is 0 Å². The minimum atomic E-state index is -3.37. The summed E-state index contributed by atoms with van der Waals surface area (Å²) >= 11 is 0. The molecule has 3 heterocycles. The van der Waals surface area contributed by atoms with Gasteiger partial charge in [-0.15, -0.1) is 0 Å². The largest absolute Gasteiger partial charge is 0.331 e. The van der Waals surface area contributed by atoms with Gasteiger partial charge in [-0.2, -0.15) is 0 Å². The fourth-order valence-electron chi connectivity index (χ4n) is 4.15. The molecule has 0 unspecified atom stereocenters. The number of carbonyl (C=O) groups is 1. The highest BCUT2D eigenvalue weighted by atomic mass is 32.2. The predicted octanol–water partition coefficient (Wildman–Crippen LogP) is 2.39. The molecule has 136 valence electrons. The number of nitrogens with zero attached hydrogens (tertiary/aromatic N) is 3. The van der Waals surface area contributed by atoms with Crippen molar-refractivity contribution in [2.24, 2.45) is 0 Å². The minimum absolute atomic E-state index is 0.0483. The van der Waals surface area contributed by atoms with Gasteiger partial charge in [-0.3, -0.25) is 9.78 Å². The first-order valence-electron chi connectivity index (χ1n) is 8.87. The molecule has 4 rings (SSSR count). The van der Waals surface area contributed by atoms with Gasteiger partial charge in [0.05, 0.1) is 22.0 Å². The second-order valence-corrected chi connectivity index (χ2v) is 9.32. The van der Waals surface area contributed by atoms with Crippen LogP contribution in [0.2, 0.25) is 0 Å². The average Bonchev–Trinajstić information content (AvgIpc) is 2.91. The Morgan fingerprint density at radius 1 is 1.04 bits per heavy atom. The number of fused-ring (bicyclic) bond motifs is 2. The van der Waals surface area contributed by atoms with E-state index in [2.05, 4.69) is 9.97 Å². The average molecular weight is 371 g/mol. The van der Waals surface area contributed by atoms with Crippen molar-refractivity contribution in [3.8, 4) is 0 Å². The van der Waals surface area contributed by atoms with Crippen LogP contribution < -0.4 is 0 Å². The molecule has 7 heteroatoms. The quantitative estimate of drug-likeness (QED) is 0.828. The maximum Gasteiger partial charge on any atom is 0.274 e. The van der Waals surface area contributed by atoms with Gasteiger partial charge in [0.25, 0.3) is 5.91 Å². The van der Waals surface area contributed by atoms with E-state index in [0.717, 1.165) is 18.5 Å². The summed E-state index contributed by atoms with van der Waals surface area (Å²) in [4.78, 5) is 23.4. The Labute approximate surface area is 153 Å². The lowest BCUT2D eigenvalue weighted by molar-refractivity contribution is 0.0591. The number of aryl methyl sites for hydroxylation is 1. The SMILES string of the molecule is Cc1cnc(C(=O)N2[C@H]3CC[C@H]2CC(S(=O)(=O)c2ccccc2)C3)cn1. The van der Waals surface area contributed by atoms with Crippen molar-refractivity contribution >= 4 is 15.7 Å². The van der Waals surface area contributed by atoms with Crippen LogP contribution in [0, 0.1) is 6.92 Å². The van der Waals surface area contributed by atoms with Crippen molar-refractivity contribution in [1.82, 2.24) is 14.9 Å². The summed E-state index contributed by atoms with van der Waals surface area (Å²) in [6, 6.07) is 8.51. The van der Waals surface area contributed by atoms with E-state index in [1.807, 2.05) is 17.9 Å². The lowest BCUT2D eigenvalue weighted by atomic mass is 10.0. The number of aromatic nitrogens is 2. The molecule has 26 heavy (non-hydrogen) atoms. The van der Waals surface area contributed by atoms with E-state index in [1.165, 1.54) is 6.20 Å². The van der Waals surface area contributed by atoms with Gasteiger partial charge in [-0.25, -0.2) is 13.4 Å². The van der Waals surface area contributed by atoms with E-state index in [9.17, 15) is 13.2 Å². The number of sulfone groups is 1. The molecule has 2 fully saturated rings.